The maximum atomic E-state index is 13.0. The van der Waals surface area contributed by atoms with Crippen molar-refractivity contribution in [3.8, 4) is 0 Å². The molecule has 2 aliphatic rings. The first-order chi connectivity index (χ1) is 13.6. The van der Waals surface area contributed by atoms with Gasteiger partial charge in [-0.1, -0.05) is 50.1 Å². The molecule has 29 heavy (non-hydrogen) atoms. The van der Waals surface area contributed by atoms with Crippen molar-refractivity contribution < 1.29 is 18.8 Å². The molecule has 0 aromatic heterocycles. The van der Waals surface area contributed by atoms with Crippen LogP contribution in [0.2, 0.25) is 6.32 Å². The smallest absolute Gasteiger partial charge is 0.457 e. The van der Waals surface area contributed by atoms with E-state index in [1.807, 2.05) is 30.3 Å². The van der Waals surface area contributed by atoms with Crippen molar-refractivity contribution >= 4 is 13.1 Å². The quantitative estimate of drug-likeness (QED) is 0.314. The third-order valence-electron chi connectivity index (χ3n) is 7.15. The summed E-state index contributed by atoms with van der Waals surface area (Å²) in [6, 6.07) is 9.94. The SMILES string of the molecule is C[C@H]1CC[C@@](CCCCB2OC(C)(C)C(C)(C)O2)(C(=O)OCc2ccccc2)C1. The Balaban J connectivity index is 1.49. The number of esters is 1. The van der Waals surface area contributed by atoms with Gasteiger partial charge in [-0.25, -0.2) is 0 Å². The van der Waals surface area contributed by atoms with Crippen molar-refractivity contribution in [2.45, 2.75) is 97.3 Å². The number of ether oxygens (including phenoxy) is 1. The summed E-state index contributed by atoms with van der Waals surface area (Å²) in [6.45, 7) is 11.0. The predicted octanol–water partition coefficient (Wildman–Crippen LogP) is 5.80. The number of unbranched alkanes of at least 4 members (excludes halogenated alkanes) is 1. The van der Waals surface area contributed by atoms with E-state index in [0.717, 1.165) is 50.4 Å². The van der Waals surface area contributed by atoms with Gasteiger partial charge >= 0.3 is 13.1 Å². The summed E-state index contributed by atoms with van der Waals surface area (Å²) in [4.78, 5) is 13.0. The summed E-state index contributed by atoms with van der Waals surface area (Å²) >= 11 is 0. The second-order valence-electron chi connectivity index (χ2n) is 10.1. The molecule has 0 amide bonds. The zero-order chi connectivity index (χ0) is 21.1. The van der Waals surface area contributed by atoms with Gasteiger partial charge in [0.1, 0.15) is 6.61 Å². The normalized spacial score (nSPS) is 27.9. The Labute approximate surface area is 176 Å². The molecule has 1 saturated carbocycles. The van der Waals surface area contributed by atoms with Crippen LogP contribution in [0.5, 0.6) is 0 Å². The van der Waals surface area contributed by atoms with Crippen LogP contribution in [-0.2, 0) is 25.4 Å². The molecule has 0 N–H and O–H groups in total. The average Bonchev–Trinajstić information content (AvgIpc) is 3.14. The van der Waals surface area contributed by atoms with Gasteiger partial charge in [0.05, 0.1) is 16.6 Å². The Morgan fingerprint density at radius 2 is 1.76 bits per heavy atom. The van der Waals surface area contributed by atoms with Crippen LogP contribution in [0.3, 0.4) is 0 Å². The number of rotatable bonds is 8. The highest BCUT2D eigenvalue weighted by Gasteiger charge is 2.50. The minimum atomic E-state index is -0.315. The average molecular weight is 400 g/mol. The Bertz CT molecular complexity index is 671. The minimum absolute atomic E-state index is 0.0127. The van der Waals surface area contributed by atoms with Crippen molar-refractivity contribution in [1.82, 2.24) is 0 Å². The van der Waals surface area contributed by atoms with E-state index in [1.54, 1.807) is 0 Å². The first kappa shape index (κ1) is 22.4. The highest BCUT2D eigenvalue weighted by atomic mass is 16.7. The minimum Gasteiger partial charge on any atom is -0.460 e. The molecule has 2 fully saturated rings. The lowest BCUT2D eigenvalue weighted by Gasteiger charge is -2.32. The maximum absolute atomic E-state index is 13.0. The van der Waals surface area contributed by atoms with Crippen molar-refractivity contribution in [3.63, 3.8) is 0 Å². The zero-order valence-electron chi connectivity index (χ0n) is 18.8. The maximum Gasteiger partial charge on any atom is 0.457 e. The molecule has 0 radical (unpaired) electrons. The third-order valence-corrected chi connectivity index (χ3v) is 7.15. The summed E-state index contributed by atoms with van der Waals surface area (Å²) < 4.78 is 18.0. The van der Waals surface area contributed by atoms with Crippen LogP contribution in [-0.4, -0.2) is 24.3 Å². The molecule has 3 rings (SSSR count). The fourth-order valence-electron chi connectivity index (χ4n) is 4.64. The lowest BCUT2D eigenvalue weighted by molar-refractivity contribution is -0.157. The lowest BCUT2D eigenvalue weighted by atomic mass is 9.77. The fraction of sp³-hybridized carbons (Fsp3) is 0.708. The molecule has 160 valence electrons. The molecule has 1 aliphatic carbocycles. The van der Waals surface area contributed by atoms with E-state index >= 15 is 0 Å². The molecule has 0 unspecified atom stereocenters. The molecule has 2 atom stereocenters. The monoisotopic (exact) mass is 400 g/mol. The molecule has 1 aromatic rings. The summed E-state index contributed by atoms with van der Waals surface area (Å²) in [7, 11) is -0.150. The van der Waals surface area contributed by atoms with Gasteiger partial charge in [-0.2, -0.15) is 0 Å². The topological polar surface area (TPSA) is 44.8 Å². The first-order valence-electron chi connectivity index (χ1n) is 11.2. The molecule has 1 heterocycles. The molecule has 1 aromatic carbocycles. The van der Waals surface area contributed by atoms with E-state index < -0.39 is 0 Å². The molecular weight excluding hydrogens is 363 g/mol. The number of carbonyl (C=O) groups excluding carboxylic acids is 1. The van der Waals surface area contributed by atoms with Gasteiger partial charge in [-0.15, -0.1) is 0 Å². The fourth-order valence-corrected chi connectivity index (χ4v) is 4.64. The van der Waals surface area contributed by atoms with Gasteiger partial charge in [-0.3, -0.25) is 4.79 Å². The van der Waals surface area contributed by atoms with Gasteiger partial charge in [-0.05, 0) is 71.2 Å². The summed E-state index contributed by atoms with van der Waals surface area (Å²) in [6.07, 6.45) is 6.76. The first-order valence-corrected chi connectivity index (χ1v) is 11.2. The number of carbonyl (C=O) groups is 1. The van der Waals surface area contributed by atoms with Crippen molar-refractivity contribution in [2.75, 3.05) is 0 Å². The summed E-state index contributed by atoms with van der Waals surface area (Å²) in [5, 5.41) is 0. The van der Waals surface area contributed by atoms with Gasteiger partial charge in [0.15, 0.2) is 0 Å². The molecule has 1 aliphatic heterocycles. The van der Waals surface area contributed by atoms with Crippen LogP contribution in [0.25, 0.3) is 0 Å². The van der Waals surface area contributed by atoms with Gasteiger partial charge < -0.3 is 14.0 Å². The van der Waals surface area contributed by atoms with Crippen molar-refractivity contribution in [2.24, 2.45) is 11.3 Å². The van der Waals surface area contributed by atoms with E-state index in [9.17, 15) is 4.79 Å². The van der Waals surface area contributed by atoms with Gasteiger partial charge in [0.2, 0.25) is 0 Å². The van der Waals surface area contributed by atoms with E-state index in [2.05, 4.69) is 34.6 Å². The number of hydrogen-bond acceptors (Lipinski definition) is 4. The molecule has 0 spiro atoms. The molecular formula is C24H37BO4. The standard InChI is InChI=1S/C24H37BO4/c1-19-13-15-24(17-19,21(26)27-18-20-11-7-6-8-12-20)14-9-10-16-25-28-22(2,3)23(4,5)29-25/h6-8,11-12,19H,9-10,13-18H2,1-5H3/t19-,24+/m0/s1. The van der Waals surface area contributed by atoms with E-state index in [-0.39, 0.29) is 29.7 Å². The predicted molar refractivity (Wildman–Crippen MR) is 116 cm³/mol. The highest BCUT2D eigenvalue weighted by molar-refractivity contribution is 6.45. The van der Waals surface area contributed by atoms with Crippen LogP contribution >= 0.6 is 0 Å². The number of hydrogen-bond donors (Lipinski definition) is 0. The van der Waals surface area contributed by atoms with Gasteiger partial charge in [0.25, 0.3) is 0 Å². The number of benzene rings is 1. The van der Waals surface area contributed by atoms with E-state index in [1.165, 1.54) is 0 Å². The molecule has 5 heteroatoms. The molecule has 0 bridgehead atoms. The largest absolute Gasteiger partial charge is 0.460 e. The Kier molecular flexibility index (Phi) is 6.79. The van der Waals surface area contributed by atoms with E-state index in [0.29, 0.717) is 12.5 Å². The molecule has 1 saturated heterocycles. The van der Waals surface area contributed by atoms with Crippen LogP contribution in [0.4, 0.5) is 0 Å². The Hall–Kier alpha value is -1.33. The van der Waals surface area contributed by atoms with Crippen LogP contribution in [0, 0.1) is 11.3 Å². The second kappa shape index (κ2) is 8.81. The highest BCUT2D eigenvalue weighted by Crippen LogP contribution is 2.47. The summed E-state index contributed by atoms with van der Waals surface area (Å²) in [5.41, 5.74) is 0.175. The lowest BCUT2D eigenvalue weighted by Crippen LogP contribution is -2.41. The van der Waals surface area contributed by atoms with Crippen LogP contribution in [0.1, 0.15) is 78.7 Å². The second-order valence-corrected chi connectivity index (χ2v) is 10.1. The summed E-state index contributed by atoms with van der Waals surface area (Å²) in [5.74, 6) is 0.573. The van der Waals surface area contributed by atoms with Crippen molar-refractivity contribution in [3.05, 3.63) is 35.9 Å². The third kappa shape index (κ3) is 5.24. The Morgan fingerprint density at radius 3 is 2.34 bits per heavy atom. The zero-order valence-corrected chi connectivity index (χ0v) is 18.8. The van der Waals surface area contributed by atoms with E-state index in [4.69, 9.17) is 14.0 Å². The Morgan fingerprint density at radius 1 is 1.10 bits per heavy atom. The van der Waals surface area contributed by atoms with Crippen LogP contribution in [0.15, 0.2) is 30.3 Å². The van der Waals surface area contributed by atoms with Gasteiger partial charge in [0, 0.05) is 0 Å². The van der Waals surface area contributed by atoms with Crippen molar-refractivity contribution in [1.29, 1.82) is 0 Å². The molecule has 4 nitrogen and oxygen atoms in total. The van der Waals surface area contributed by atoms with Crippen LogP contribution < -0.4 is 0 Å².